The molecule has 0 fully saturated rings. The van der Waals surface area contributed by atoms with Crippen LogP contribution in [0.4, 0.5) is 4.79 Å². The molecule has 194 valence electrons. The van der Waals surface area contributed by atoms with Crippen molar-refractivity contribution in [1.29, 1.82) is 0 Å². The van der Waals surface area contributed by atoms with Gasteiger partial charge in [0.25, 0.3) is 0 Å². The first-order valence-electron chi connectivity index (χ1n) is 12.4. The first-order valence-corrected chi connectivity index (χ1v) is 12.4. The van der Waals surface area contributed by atoms with E-state index in [-0.39, 0.29) is 44.5 Å². The third-order valence-electron chi connectivity index (χ3n) is 4.77. The first-order chi connectivity index (χ1) is 16.1. The Balaban J connectivity index is 3.35. The van der Waals surface area contributed by atoms with Crippen molar-refractivity contribution in [3.63, 3.8) is 0 Å². The molecule has 0 aromatic rings. The summed E-state index contributed by atoms with van der Waals surface area (Å²) in [4.78, 5) is 34.7. The Morgan fingerprint density at radius 1 is 0.606 bits per heavy atom. The standard InChI is InChI=1S/C24H45NO8/c1-3-4-5-10-15-25-24(28)33-17-12-7-9-14-23(27)32-21-19-30-18-20-31-22(26)13-8-6-11-16-29-2/h3-21H2,1-2H3,(H,25,28). The van der Waals surface area contributed by atoms with Gasteiger partial charge in [0.2, 0.25) is 0 Å². The molecular formula is C24H45NO8. The monoisotopic (exact) mass is 475 g/mol. The molecule has 1 amide bonds. The van der Waals surface area contributed by atoms with Crippen molar-refractivity contribution in [2.45, 2.75) is 84.0 Å². The van der Waals surface area contributed by atoms with Crippen molar-refractivity contribution in [3.05, 3.63) is 0 Å². The van der Waals surface area contributed by atoms with Crippen molar-refractivity contribution in [2.24, 2.45) is 0 Å². The topological polar surface area (TPSA) is 109 Å². The molecule has 0 aliphatic carbocycles. The average molecular weight is 476 g/mol. The smallest absolute Gasteiger partial charge is 0.407 e. The van der Waals surface area contributed by atoms with E-state index in [1.54, 1.807) is 7.11 Å². The Bertz CT molecular complexity index is 487. The van der Waals surface area contributed by atoms with Crippen LogP contribution in [0.1, 0.15) is 84.0 Å². The number of hydrogen-bond acceptors (Lipinski definition) is 8. The zero-order valence-corrected chi connectivity index (χ0v) is 20.7. The molecular weight excluding hydrogens is 430 g/mol. The highest BCUT2D eigenvalue weighted by Gasteiger charge is 2.05. The van der Waals surface area contributed by atoms with E-state index in [0.717, 1.165) is 38.5 Å². The van der Waals surface area contributed by atoms with E-state index in [1.807, 2.05) is 0 Å². The molecule has 0 radical (unpaired) electrons. The molecule has 0 rings (SSSR count). The fourth-order valence-corrected chi connectivity index (χ4v) is 2.87. The maximum absolute atomic E-state index is 11.7. The fraction of sp³-hybridized carbons (Fsp3) is 0.875. The summed E-state index contributed by atoms with van der Waals surface area (Å²) < 4.78 is 25.5. The summed E-state index contributed by atoms with van der Waals surface area (Å²) in [5, 5.41) is 2.74. The SMILES string of the molecule is CCCCCCNC(=O)OCCCCCC(=O)OCCOCCOC(=O)CCCCCOC. The third kappa shape index (κ3) is 24.6. The maximum Gasteiger partial charge on any atom is 0.407 e. The summed E-state index contributed by atoms with van der Waals surface area (Å²) >= 11 is 0. The number of hydrogen-bond donors (Lipinski definition) is 1. The number of carbonyl (C=O) groups excluding carboxylic acids is 3. The van der Waals surface area contributed by atoms with Crippen LogP contribution < -0.4 is 5.32 Å². The van der Waals surface area contributed by atoms with Crippen molar-refractivity contribution in [3.8, 4) is 0 Å². The van der Waals surface area contributed by atoms with Gasteiger partial charge in [-0.1, -0.05) is 32.6 Å². The maximum atomic E-state index is 11.7. The molecule has 0 saturated carbocycles. The molecule has 9 heteroatoms. The molecule has 0 aromatic heterocycles. The van der Waals surface area contributed by atoms with E-state index in [1.165, 1.54) is 12.8 Å². The van der Waals surface area contributed by atoms with Crippen molar-refractivity contribution >= 4 is 18.0 Å². The molecule has 0 aromatic carbocycles. The number of unbranched alkanes of at least 4 members (excludes halogenated alkanes) is 7. The van der Waals surface area contributed by atoms with Gasteiger partial charge in [0.1, 0.15) is 13.2 Å². The van der Waals surface area contributed by atoms with Gasteiger partial charge >= 0.3 is 18.0 Å². The second kappa shape index (κ2) is 24.8. The first kappa shape index (κ1) is 31.1. The average Bonchev–Trinajstić information content (AvgIpc) is 2.80. The Hall–Kier alpha value is -1.87. The lowest BCUT2D eigenvalue weighted by Crippen LogP contribution is -2.25. The Morgan fingerprint density at radius 2 is 1.18 bits per heavy atom. The Kier molecular flexibility index (Phi) is 23.4. The van der Waals surface area contributed by atoms with Crippen LogP contribution in [0.25, 0.3) is 0 Å². The zero-order chi connectivity index (χ0) is 24.4. The molecule has 0 unspecified atom stereocenters. The number of methoxy groups -OCH3 is 1. The third-order valence-corrected chi connectivity index (χ3v) is 4.77. The lowest BCUT2D eigenvalue weighted by molar-refractivity contribution is -0.146. The van der Waals surface area contributed by atoms with Gasteiger partial charge < -0.3 is 29.0 Å². The number of rotatable bonds is 23. The Labute approximate surface area is 199 Å². The van der Waals surface area contributed by atoms with Gasteiger partial charge in [-0.25, -0.2) is 4.79 Å². The van der Waals surface area contributed by atoms with E-state index < -0.39 is 0 Å². The van der Waals surface area contributed by atoms with Crippen LogP contribution in [0.5, 0.6) is 0 Å². The number of carbonyl (C=O) groups is 3. The van der Waals surface area contributed by atoms with Gasteiger partial charge in [-0.05, 0) is 38.5 Å². The van der Waals surface area contributed by atoms with Gasteiger partial charge in [0.15, 0.2) is 0 Å². The Morgan fingerprint density at radius 3 is 1.76 bits per heavy atom. The largest absolute Gasteiger partial charge is 0.463 e. The minimum absolute atomic E-state index is 0.174. The summed E-state index contributed by atoms with van der Waals surface area (Å²) in [7, 11) is 1.66. The summed E-state index contributed by atoms with van der Waals surface area (Å²) in [6.07, 6.45) is 9.64. The van der Waals surface area contributed by atoms with Gasteiger partial charge in [-0.3, -0.25) is 9.59 Å². The van der Waals surface area contributed by atoms with Gasteiger partial charge in [-0.15, -0.1) is 0 Å². The van der Waals surface area contributed by atoms with Crippen LogP contribution in [0.2, 0.25) is 0 Å². The van der Waals surface area contributed by atoms with Crippen molar-refractivity contribution in [1.82, 2.24) is 5.32 Å². The molecule has 0 spiro atoms. The predicted octanol–water partition coefficient (Wildman–Crippen LogP) is 4.16. The van der Waals surface area contributed by atoms with E-state index in [9.17, 15) is 14.4 Å². The van der Waals surface area contributed by atoms with Crippen LogP contribution >= 0.6 is 0 Å². The molecule has 0 bridgehead atoms. The molecule has 9 nitrogen and oxygen atoms in total. The summed E-state index contributed by atoms with van der Waals surface area (Å²) in [6, 6.07) is 0. The summed E-state index contributed by atoms with van der Waals surface area (Å²) in [6.45, 7) is 4.77. The molecule has 0 aliphatic rings. The zero-order valence-electron chi connectivity index (χ0n) is 20.7. The quantitative estimate of drug-likeness (QED) is 0.133. The summed E-state index contributed by atoms with van der Waals surface area (Å²) in [5.41, 5.74) is 0. The minimum Gasteiger partial charge on any atom is -0.463 e. The van der Waals surface area contributed by atoms with Crippen molar-refractivity contribution in [2.75, 3.05) is 53.3 Å². The number of ether oxygens (including phenoxy) is 5. The van der Waals surface area contributed by atoms with E-state index in [4.69, 9.17) is 23.7 Å². The van der Waals surface area contributed by atoms with Gasteiger partial charge in [-0.2, -0.15) is 0 Å². The molecule has 0 atom stereocenters. The van der Waals surface area contributed by atoms with E-state index in [0.29, 0.717) is 45.4 Å². The van der Waals surface area contributed by atoms with Gasteiger partial charge in [0.05, 0.1) is 19.8 Å². The molecule has 0 saturated heterocycles. The second-order valence-electron chi connectivity index (χ2n) is 7.79. The lowest BCUT2D eigenvalue weighted by Gasteiger charge is -2.08. The van der Waals surface area contributed by atoms with Crippen LogP contribution in [-0.2, 0) is 33.3 Å². The number of nitrogens with one attached hydrogen (secondary N) is 1. The van der Waals surface area contributed by atoms with Crippen molar-refractivity contribution < 1.29 is 38.1 Å². The highest BCUT2D eigenvalue weighted by molar-refractivity contribution is 5.69. The second-order valence-corrected chi connectivity index (χ2v) is 7.79. The van der Waals surface area contributed by atoms with Gasteiger partial charge in [0, 0.05) is 33.1 Å². The predicted molar refractivity (Wildman–Crippen MR) is 125 cm³/mol. The van der Waals surface area contributed by atoms with Crippen LogP contribution in [0.15, 0.2) is 0 Å². The molecule has 1 N–H and O–H groups in total. The van der Waals surface area contributed by atoms with Crippen LogP contribution in [0, 0.1) is 0 Å². The number of amides is 1. The van der Waals surface area contributed by atoms with Crippen LogP contribution in [-0.4, -0.2) is 71.3 Å². The summed E-state index contributed by atoms with van der Waals surface area (Å²) in [5.74, 6) is -0.500. The fourth-order valence-electron chi connectivity index (χ4n) is 2.87. The lowest BCUT2D eigenvalue weighted by atomic mass is 10.2. The van der Waals surface area contributed by atoms with E-state index >= 15 is 0 Å². The minimum atomic E-state index is -0.376. The number of esters is 2. The molecule has 0 aliphatic heterocycles. The normalized spacial score (nSPS) is 10.6. The number of alkyl carbamates (subject to hydrolysis) is 1. The van der Waals surface area contributed by atoms with E-state index in [2.05, 4.69) is 12.2 Å². The highest BCUT2D eigenvalue weighted by Crippen LogP contribution is 2.03. The highest BCUT2D eigenvalue weighted by atomic mass is 16.6. The van der Waals surface area contributed by atoms with Crippen LogP contribution in [0.3, 0.4) is 0 Å². The molecule has 33 heavy (non-hydrogen) atoms. The molecule has 0 heterocycles.